The van der Waals surface area contributed by atoms with E-state index in [1.54, 1.807) is 0 Å². The number of benzene rings is 1. The number of fused-ring (bicyclic) bond motifs is 2. The van der Waals surface area contributed by atoms with Gasteiger partial charge < -0.3 is 9.47 Å². The average Bonchev–Trinajstić information content (AvgIpc) is 2.54. The van der Waals surface area contributed by atoms with E-state index in [1.165, 1.54) is 7.11 Å². The summed E-state index contributed by atoms with van der Waals surface area (Å²) < 4.78 is 10.1. The van der Waals surface area contributed by atoms with Crippen LogP contribution < -0.4 is 0 Å². The summed E-state index contributed by atoms with van der Waals surface area (Å²) in [6.45, 7) is 3.84. The van der Waals surface area contributed by atoms with Crippen LogP contribution in [0.4, 0.5) is 0 Å². The molecule has 1 aromatic carbocycles. The molecule has 1 aliphatic carbocycles. The number of alkyl halides is 1. The minimum absolute atomic E-state index is 0.160. The van der Waals surface area contributed by atoms with E-state index < -0.39 is 10.3 Å². The number of carbonyl (C=O) groups is 2. The van der Waals surface area contributed by atoms with Crippen molar-refractivity contribution < 1.29 is 19.1 Å². The molecule has 1 saturated heterocycles. The molecule has 6 heteroatoms. The van der Waals surface area contributed by atoms with E-state index in [0.717, 1.165) is 10.0 Å². The molecule has 0 aromatic heterocycles. The third-order valence-electron chi connectivity index (χ3n) is 4.27. The summed E-state index contributed by atoms with van der Waals surface area (Å²) in [4.78, 5) is 24.2. The summed E-state index contributed by atoms with van der Waals surface area (Å²) in [5.74, 6) is -0.963. The molecule has 3 atom stereocenters. The molecule has 0 amide bonds. The first-order chi connectivity index (χ1) is 10.9. The molecule has 1 aromatic rings. The van der Waals surface area contributed by atoms with Gasteiger partial charge in [0.15, 0.2) is 0 Å². The first-order valence-corrected chi connectivity index (χ1v) is 8.62. The van der Waals surface area contributed by atoms with Crippen LogP contribution in [0.25, 0.3) is 5.57 Å². The maximum atomic E-state index is 12.3. The van der Waals surface area contributed by atoms with Crippen molar-refractivity contribution >= 4 is 49.4 Å². The molecule has 23 heavy (non-hydrogen) atoms. The zero-order chi connectivity index (χ0) is 16.8. The van der Waals surface area contributed by atoms with Crippen LogP contribution in [0.2, 0.25) is 0 Å². The van der Waals surface area contributed by atoms with Gasteiger partial charge in [-0.15, -0.1) is 0 Å². The lowest BCUT2D eigenvalue weighted by Crippen LogP contribution is -2.51. The molecule has 1 fully saturated rings. The van der Waals surface area contributed by atoms with Crippen molar-refractivity contribution in [3.63, 3.8) is 0 Å². The van der Waals surface area contributed by atoms with Crippen molar-refractivity contribution in [1.82, 2.24) is 0 Å². The highest BCUT2D eigenvalue weighted by Crippen LogP contribution is 2.53. The highest BCUT2D eigenvalue weighted by molar-refractivity contribution is 9.12. The Morgan fingerprint density at radius 1 is 1.43 bits per heavy atom. The zero-order valence-electron chi connectivity index (χ0n) is 12.3. The third-order valence-corrected chi connectivity index (χ3v) is 6.11. The van der Waals surface area contributed by atoms with Crippen LogP contribution in [0.15, 0.2) is 41.4 Å². The molecule has 0 radical (unpaired) electrons. The summed E-state index contributed by atoms with van der Waals surface area (Å²) in [5.41, 5.74) is 1.84. The first kappa shape index (κ1) is 16.5. The number of hydrogen-bond acceptors (Lipinski definition) is 4. The second kappa shape index (κ2) is 5.91. The summed E-state index contributed by atoms with van der Waals surface area (Å²) in [7, 11) is 1.32. The Balaban J connectivity index is 2.09. The number of hydrogen-bond donors (Lipinski definition) is 0. The molecule has 4 nitrogen and oxygen atoms in total. The Kier molecular flexibility index (Phi) is 4.23. The van der Waals surface area contributed by atoms with Crippen molar-refractivity contribution in [3.8, 4) is 0 Å². The van der Waals surface area contributed by atoms with Gasteiger partial charge in [0.1, 0.15) is 10.4 Å². The number of rotatable bonds is 3. The fourth-order valence-electron chi connectivity index (χ4n) is 3.08. The Bertz CT molecular complexity index is 740. The molecule has 4 rings (SSSR count). The van der Waals surface area contributed by atoms with E-state index in [2.05, 4.69) is 38.4 Å². The van der Waals surface area contributed by atoms with Crippen LogP contribution in [0, 0.1) is 0 Å². The standard InChI is InChI=1S/C17H14Br2O4/c1-9(15(20)22-2)10-5-3-4-6-11(10)12-7-14-13(18)8-17(12,19)16(21)23-14/h3-6,8,12,14H,1,7H2,2H3/t12-,14+,17-/m1/s1. The Morgan fingerprint density at radius 2 is 2.13 bits per heavy atom. The molecule has 0 saturated carbocycles. The molecule has 120 valence electrons. The number of methoxy groups -OCH3 is 1. The Hall–Kier alpha value is -1.40. The molecule has 3 aliphatic rings. The lowest BCUT2D eigenvalue weighted by Gasteiger charge is -2.44. The highest BCUT2D eigenvalue weighted by Gasteiger charge is 2.54. The van der Waals surface area contributed by atoms with Crippen LogP contribution >= 0.6 is 31.9 Å². The van der Waals surface area contributed by atoms with Gasteiger partial charge in [0, 0.05) is 10.4 Å². The topological polar surface area (TPSA) is 52.6 Å². The van der Waals surface area contributed by atoms with Crippen molar-refractivity contribution in [1.29, 1.82) is 0 Å². The molecule has 0 N–H and O–H groups in total. The van der Waals surface area contributed by atoms with E-state index in [0.29, 0.717) is 12.0 Å². The predicted molar refractivity (Wildman–Crippen MR) is 93.4 cm³/mol. The molecule has 0 spiro atoms. The summed E-state index contributed by atoms with van der Waals surface area (Å²) in [5, 5.41) is 0. The molecule has 2 heterocycles. The second-order valence-corrected chi connectivity index (χ2v) is 7.76. The van der Waals surface area contributed by atoms with Crippen LogP contribution in [-0.4, -0.2) is 29.5 Å². The Labute approximate surface area is 150 Å². The molecular formula is C17H14Br2O4. The van der Waals surface area contributed by atoms with E-state index in [-0.39, 0.29) is 23.6 Å². The van der Waals surface area contributed by atoms with Gasteiger partial charge >= 0.3 is 11.9 Å². The average molecular weight is 442 g/mol. The van der Waals surface area contributed by atoms with Crippen molar-refractivity contribution in [2.45, 2.75) is 22.8 Å². The monoisotopic (exact) mass is 440 g/mol. The summed E-state index contributed by atoms with van der Waals surface area (Å²) in [6.07, 6.45) is 2.17. The Morgan fingerprint density at radius 3 is 2.83 bits per heavy atom. The SMILES string of the molecule is C=C(C(=O)OC)c1ccccc1[C@H]1C[C@@H]2OC(=O)[C@@]1(Br)C=C2Br. The highest BCUT2D eigenvalue weighted by atomic mass is 79.9. The fourth-order valence-corrected chi connectivity index (χ4v) is 4.80. The predicted octanol–water partition coefficient (Wildman–Crippen LogP) is 3.70. The normalized spacial score (nSPS) is 28.8. The molecule has 2 bridgehead atoms. The lowest BCUT2D eigenvalue weighted by atomic mass is 9.74. The largest absolute Gasteiger partial charge is 0.465 e. The van der Waals surface area contributed by atoms with E-state index >= 15 is 0 Å². The van der Waals surface area contributed by atoms with Gasteiger partial charge in [-0.25, -0.2) is 4.79 Å². The van der Waals surface area contributed by atoms with Gasteiger partial charge in [-0.05, 0) is 23.6 Å². The van der Waals surface area contributed by atoms with Gasteiger partial charge in [0.05, 0.1) is 12.7 Å². The number of halogens is 2. The number of carbonyl (C=O) groups excluding carboxylic acids is 2. The van der Waals surface area contributed by atoms with E-state index in [4.69, 9.17) is 9.47 Å². The maximum Gasteiger partial charge on any atom is 0.337 e. The third kappa shape index (κ3) is 2.58. The lowest BCUT2D eigenvalue weighted by molar-refractivity contribution is -0.155. The number of ether oxygens (including phenoxy) is 2. The van der Waals surface area contributed by atoms with Crippen molar-refractivity contribution in [3.05, 3.63) is 52.5 Å². The molecule has 2 aliphatic heterocycles. The zero-order valence-corrected chi connectivity index (χ0v) is 15.5. The number of esters is 2. The molecule has 0 unspecified atom stereocenters. The van der Waals surface area contributed by atoms with Crippen LogP contribution in [0.5, 0.6) is 0 Å². The van der Waals surface area contributed by atoms with E-state index in [1.807, 2.05) is 30.3 Å². The van der Waals surface area contributed by atoms with Crippen molar-refractivity contribution in [2.75, 3.05) is 7.11 Å². The summed E-state index contributed by atoms with van der Waals surface area (Å²) in [6, 6.07) is 7.44. The first-order valence-electron chi connectivity index (χ1n) is 7.03. The van der Waals surface area contributed by atoms with Crippen molar-refractivity contribution in [2.24, 2.45) is 0 Å². The quantitative estimate of drug-likeness (QED) is 0.407. The van der Waals surface area contributed by atoms with Gasteiger partial charge in [0.2, 0.25) is 0 Å². The van der Waals surface area contributed by atoms with Gasteiger partial charge in [-0.2, -0.15) is 0 Å². The minimum Gasteiger partial charge on any atom is -0.465 e. The van der Waals surface area contributed by atoms with Gasteiger partial charge in [-0.1, -0.05) is 62.7 Å². The minimum atomic E-state index is -0.951. The fraction of sp³-hybridized carbons (Fsp3) is 0.294. The van der Waals surface area contributed by atoms with Gasteiger partial charge in [-0.3, -0.25) is 4.79 Å². The van der Waals surface area contributed by atoms with Crippen LogP contribution in [-0.2, 0) is 19.1 Å². The van der Waals surface area contributed by atoms with Crippen LogP contribution in [0.3, 0.4) is 0 Å². The smallest absolute Gasteiger partial charge is 0.337 e. The second-order valence-electron chi connectivity index (χ2n) is 5.54. The maximum absolute atomic E-state index is 12.3. The summed E-state index contributed by atoms with van der Waals surface area (Å²) >= 11 is 7.00. The molecular weight excluding hydrogens is 428 g/mol. The van der Waals surface area contributed by atoms with Gasteiger partial charge in [0.25, 0.3) is 0 Å². The van der Waals surface area contributed by atoms with Crippen LogP contribution in [0.1, 0.15) is 23.5 Å². The van der Waals surface area contributed by atoms with E-state index in [9.17, 15) is 9.59 Å².